The van der Waals surface area contributed by atoms with E-state index in [4.69, 9.17) is 25.8 Å². The fraction of sp³-hybridized carbons (Fsp3) is 0.263. The van der Waals surface area contributed by atoms with Crippen molar-refractivity contribution >= 4 is 39.4 Å². The van der Waals surface area contributed by atoms with E-state index in [1.54, 1.807) is 18.2 Å². The maximum absolute atomic E-state index is 12.3. The smallest absolute Gasteiger partial charge is 0.260 e. The molecule has 0 radical (unpaired) electrons. The molecular formula is C19H22ClN3O6S. The number of hydrazone groups is 1. The van der Waals surface area contributed by atoms with E-state index in [0.29, 0.717) is 22.8 Å². The molecule has 2 aromatic rings. The minimum Gasteiger partial charge on any atom is -0.497 e. The highest BCUT2D eigenvalue weighted by molar-refractivity contribution is 7.92. The van der Waals surface area contributed by atoms with Gasteiger partial charge >= 0.3 is 0 Å². The maximum atomic E-state index is 12.3. The Labute approximate surface area is 180 Å². The molecule has 0 heterocycles. The van der Waals surface area contributed by atoms with Crippen LogP contribution < -0.4 is 23.9 Å². The second-order valence-corrected chi connectivity index (χ2v) is 8.30. The van der Waals surface area contributed by atoms with Gasteiger partial charge in [-0.25, -0.2) is 13.8 Å². The number of carbonyl (C=O) groups is 1. The Morgan fingerprint density at radius 3 is 2.37 bits per heavy atom. The summed E-state index contributed by atoms with van der Waals surface area (Å²) < 4.78 is 40.7. The van der Waals surface area contributed by atoms with Crippen LogP contribution in [0.15, 0.2) is 41.5 Å². The molecule has 0 aliphatic carbocycles. The molecule has 11 heteroatoms. The van der Waals surface area contributed by atoms with Gasteiger partial charge in [0.25, 0.3) is 5.91 Å². The summed E-state index contributed by atoms with van der Waals surface area (Å²) in [5, 5.41) is 4.08. The van der Waals surface area contributed by atoms with Crippen LogP contribution in [-0.2, 0) is 14.8 Å². The average Bonchev–Trinajstić information content (AvgIpc) is 2.71. The van der Waals surface area contributed by atoms with Gasteiger partial charge in [-0.2, -0.15) is 5.10 Å². The van der Waals surface area contributed by atoms with Crippen LogP contribution in [0, 0.1) is 0 Å². The number of nitrogens with zero attached hydrogens (tertiary/aromatic N) is 2. The lowest BCUT2D eigenvalue weighted by molar-refractivity contribution is -0.119. The lowest BCUT2D eigenvalue weighted by Gasteiger charge is -2.22. The zero-order valence-electron chi connectivity index (χ0n) is 16.9. The van der Waals surface area contributed by atoms with Gasteiger partial charge in [0, 0.05) is 11.6 Å². The second kappa shape index (κ2) is 10.2. The van der Waals surface area contributed by atoms with E-state index in [9.17, 15) is 13.2 Å². The molecule has 0 saturated heterocycles. The van der Waals surface area contributed by atoms with Crippen LogP contribution >= 0.6 is 11.6 Å². The first-order chi connectivity index (χ1) is 14.2. The van der Waals surface area contributed by atoms with Crippen LogP contribution in [0.2, 0.25) is 5.02 Å². The van der Waals surface area contributed by atoms with Crippen molar-refractivity contribution in [1.29, 1.82) is 0 Å². The Balaban J connectivity index is 2.14. The highest BCUT2D eigenvalue weighted by atomic mass is 35.5. The summed E-state index contributed by atoms with van der Waals surface area (Å²) >= 11 is 6.07. The third-order valence-electron chi connectivity index (χ3n) is 3.94. The highest BCUT2D eigenvalue weighted by Crippen LogP contribution is 2.30. The first kappa shape index (κ1) is 23.3. The number of carbonyl (C=O) groups excluding carboxylic acids is 1. The minimum absolute atomic E-state index is 0.216. The average molecular weight is 456 g/mol. The minimum atomic E-state index is -3.76. The Hall–Kier alpha value is -2.98. The van der Waals surface area contributed by atoms with Crippen molar-refractivity contribution in [3.8, 4) is 17.2 Å². The molecular weight excluding hydrogens is 434 g/mol. The normalized spacial score (nSPS) is 11.2. The van der Waals surface area contributed by atoms with Gasteiger partial charge in [0.05, 0.1) is 44.5 Å². The molecule has 2 rings (SSSR count). The third-order valence-corrected chi connectivity index (χ3v) is 5.38. The fourth-order valence-corrected chi connectivity index (χ4v) is 3.58. The largest absolute Gasteiger partial charge is 0.497 e. The van der Waals surface area contributed by atoms with E-state index in [0.717, 1.165) is 10.6 Å². The van der Waals surface area contributed by atoms with Gasteiger partial charge in [-0.1, -0.05) is 11.6 Å². The molecule has 1 N–H and O–H groups in total. The van der Waals surface area contributed by atoms with Crippen LogP contribution in [0.1, 0.15) is 5.56 Å². The van der Waals surface area contributed by atoms with E-state index in [2.05, 4.69) is 10.5 Å². The third kappa shape index (κ3) is 6.01. The number of anilines is 1. The Morgan fingerprint density at radius 2 is 1.80 bits per heavy atom. The molecule has 9 nitrogen and oxygen atoms in total. The highest BCUT2D eigenvalue weighted by Gasteiger charge is 2.21. The molecule has 0 aromatic heterocycles. The van der Waals surface area contributed by atoms with Crippen molar-refractivity contribution in [2.24, 2.45) is 5.10 Å². The molecule has 0 saturated carbocycles. The molecule has 0 atom stereocenters. The molecule has 0 aliphatic heterocycles. The van der Waals surface area contributed by atoms with Crippen molar-refractivity contribution in [2.75, 3.05) is 38.4 Å². The summed E-state index contributed by atoms with van der Waals surface area (Å²) in [7, 11) is 0.714. The zero-order valence-corrected chi connectivity index (χ0v) is 18.5. The summed E-state index contributed by atoms with van der Waals surface area (Å²) in [4.78, 5) is 12.3. The van der Waals surface area contributed by atoms with E-state index >= 15 is 0 Å². The molecule has 0 unspecified atom stereocenters. The van der Waals surface area contributed by atoms with E-state index in [-0.39, 0.29) is 10.7 Å². The van der Waals surface area contributed by atoms with Crippen LogP contribution in [0.4, 0.5) is 5.69 Å². The number of ether oxygens (including phenoxy) is 3. The second-order valence-electron chi connectivity index (χ2n) is 5.99. The van der Waals surface area contributed by atoms with Crippen LogP contribution in [0.25, 0.3) is 0 Å². The molecule has 0 fully saturated rings. The predicted octanol–water partition coefficient (Wildman–Crippen LogP) is 2.28. The number of benzene rings is 2. The molecule has 2 aromatic carbocycles. The molecule has 30 heavy (non-hydrogen) atoms. The lowest BCUT2D eigenvalue weighted by Crippen LogP contribution is -2.39. The number of rotatable bonds is 9. The topological polar surface area (TPSA) is 107 Å². The maximum Gasteiger partial charge on any atom is 0.260 e. The van der Waals surface area contributed by atoms with E-state index in [1.165, 1.54) is 45.7 Å². The summed E-state index contributed by atoms with van der Waals surface area (Å²) in [5.74, 6) is 0.848. The van der Waals surface area contributed by atoms with Crippen molar-refractivity contribution in [3.63, 3.8) is 0 Å². The van der Waals surface area contributed by atoms with Gasteiger partial charge in [0.2, 0.25) is 10.0 Å². The van der Waals surface area contributed by atoms with Crippen molar-refractivity contribution in [1.82, 2.24) is 5.43 Å². The fourth-order valence-electron chi connectivity index (χ4n) is 2.48. The Bertz CT molecular complexity index is 1040. The SMILES string of the molecule is COc1ccc(/C=N\NC(=O)CN(c2ccc(OC)c(Cl)c2)S(C)(=O)=O)c(OC)c1. The van der Waals surface area contributed by atoms with Crippen LogP contribution in [0.3, 0.4) is 0 Å². The molecule has 0 bridgehead atoms. The standard InChI is InChI=1S/C19H22ClN3O6S/c1-27-15-7-5-13(18(10-15)29-3)11-21-22-19(24)12-23(30(4,25)26)14-6-8-17(28-2)16(20)9-14/h5-11H,12H2,1-4H3,(H,22,24)/b21-11-. The molecule has 162 valence electrons. The van der Waals surface area contributed by atoms with Crippen molar-refractivity contribution in [3.05, 3.63) is 47.0 Å². The first-order valence-corrected chi connectivity index (χ1v) is 10.8. The van der Waals surface area contributed by atoms with Gasteiger partial charge in [0.15, 0.2) is 0 Å². The number of hydrogen-bond donors (Lipinski definition) is 1. The molecule has 0 spiro atoms. The number of amides is 1. The number of methoxy groups -OCH3 is 3. The Morgan fingerprint density at radius 1 is 1.10 bits per heavy atom. The van der Waals surface area contributed by atoms with E-state index < -0.39 is 22.5 Å². The number of hydrogen-bond acceptors (Lipinski definition) is 7. The van der Waals surface area contributed by atoms with Crippen LogP contribution in [-0.4, -0.2) is 54.7 Å². The van der Waals surface area contributed by atoms with Gasteiger partial charge in [-0.05, 0) is 30.3 Å². The van der Waals surface area contributed by atoms with Crippen molar-refractivity contribution in [2.45, 2.75) is 0 Å². The summed E-state index contributed by atoms with van der Waals surface area (Å²) in [6, 6.07) is 9.49. The monoisotopic (exact) mass is 455 g/mol. The van der Waals surface area contributed by atoms with E-state index in [1.807, 2.05) is 0 Å². The number of halogens is 1. The zero-order chi connectivity index (χ0) is 22.3. The van der Waals surface area contributed by atoms with Gasteiger partial charge in [-0.15, -0.1) is 0 Å². The number of sulfonamides is 1. The van der Waals surface area contributed by atoms with Crippen molar-refractivity contribution < 1.29 is 27.4 Å². The van der Waals surface area contributed by atoms with Gasteiger partial charge < -0.3 is 14.2 Å². The first-order valence-electron chi connectivity index (χ1n) is 8.54. The quantitative estimate of drug-likeness (QED) is 0.459. The van der Waals surface area contributed by atoms with Gasteiger partial charge in [0.1, 0.15) is 23.8 Å². The molecule has 1 amide bonds. The summed E-state index contributed by atoms with van der Waals surface area (Å²) in [5.41, 5.74) is 3.12. The lowest BCUT2D eigenvalue weighted by atomic mass is 10.2. The Kier molecular flexibility index (Phi) is 7.90. The predicted molar refractivity (Wildman–Crippen MR) is 115 cm³/mol. The number of nitrogens with one attached hydrogen (secondary N) is 1. The summed E-state index contributed by atoms with van der Waals surface area (Å²) in [6.45, 7) is -0.488. The molecule has 0 aliphatic rings. The summed E-state index contributed by atoms with van der Waals surface area (Å²) in [6.07, 6.45) is 2.37. The van der Waals surface area contributed by atoms with Crippen LogP contribution in [0.5, 0.6) is 17.2 Å². The van der Waals surface area contributed by atoms with Gasteiger partial charge in [-0.3, -0.25) is 9.10 Å².